The Kier molecular flexibility index (Phi) is 7.06. The maximum atomic E-state index is 12.5. The molecule has 2 aromatic carbocycles. The van der Waals surface area contributed by atoms with Crippen molar-refractivity contribution in [3.05, 3.63) is 65.7 Å². The minimum atomic E-state index is -3.38. The molecule has 0 aliphatic carbocycles. The van der Waals surface area contributed by atoms with Gasteiger partial charge >= 0.3 is 0 Å². The average Bonchev–Trinajstić information content (AvgIpc) is 3.29. The molecule has 3 rings (SSSR count). The lowest BCUT2D eigenvalue weighted by atomic mass is 10.1. The summed E-state index contributed by atoms with van der Waals surface area (Å²) < 4.78 is 31.7. The van der Waals surface area contributed by atoms with Crippen LogP contribution >= 0.6 is 0 Å². The van der Waals surface area contributed by atoms with Gasteiger partial charge in [-0.25, -0.2) is 8.42 Å². The van der Waals surface area contributed by atoms with E-state index in [-0.39, 0.29) is 5.91 Å². The molecule has 1 heterocycles. The van der Waals surface area contributed by atoms with Crippen LogP contribution in [0.5, 0.6) is 5.75 Å². The van der Waals surface area contributed by atoms with Gasteiger partial charge in [0.15, 0.2) is 0 Å². The first-order valence-corrected chi connectivity index (χ1v) is 11.1. The fraction of sp³-hybridized carbons (Fsp3) is 0.318. The highest BCUT2D eigenvalue weighted by atomic mass is 32.2. The zero-order valence-electron chi connectivity index (χ0n) is 16.5. The Morgan fingerprint density at radius 1 is 1.07 bits per heavy atom. The van der Waals surface area contributed by atoms with Crippen molar-refractivity contribution in [1.29, 1.82) is 0 Å². The van der Waals surface area contributed by atoms with E-state index >= 15 is 0 Å². The minimum absolute atomic E-state index is 0.172. The van der Waals surface area contributed by atoms with Crippen molar-refractivity contribution in [2.24, 2.45) is 0 Å². The molecule has 29 heavy (non-hydrogen) atoms. The van der Waals surface area contributed by atoms with Crippen LogP contribution in [0.15, 0.2) is 59.5 Å². The molecule has 1 aliphatic rings. The number of carbonyl (C=O) groups is 1. The minimum Gasteiger partial charge on any atom is -0.497 e. The lowest BCUT2D eigenvalue weighted by molar-refractivity contribution is -0.116. The van der Waals surface area contributed by atoms with Crippen LogP contribution in [0.25, 0.3) is 6.08 Å². The lowest BCUT2D eigenvalue weighted by Gasteiger charge is -2.15. The van der Waals surface area contributed by atoms with Crippen LogP contribution in [-0.4, -0.2) is 45.4 Å². The highest BCUT2D eigenvalue weighted by Gasteiger charge is 2.26. The summed E-state index contributed by atoms with van der Waals surface area (Å²) >= 11 is 0. The number of amides is 1. The molecule has 154 valence electrons. The molecule has 6 nitrogen and oxygen atoms in total. The molecule has 0 saturated carbocycles. The van der Waals surface area contributed by atoms with Gasteiger partial charge in [0.1, 0.15) is 5.75 Å². The molecule has 0 bridgehead atoms. The molecule has 1 amide bonds. The summed E-state index contributed by atoms with van der Waals surface area (Å²) in [5, 5.41) is 2.84. The summed E-state index contributed by atoms with van der Waals surface area (Å²) in [4.78, 5) is 12.3. The van der Waals surface area contributed by atoms with E-state index < -0.39 is 10.0 Å². The average molecular weight is 415 g/mol. The van der Waals surface area contributed by atoms with E-state index in [2.05, 4.69) is 5.32 Å². The Morgan fingerprint density at radius 3 is 2.34 bits per heavy atom. The lowest BCUT2D eigenvalue weighted by Crippen LogP contribution is -2.27. The highest BCUT2D eigenvalue weighted by Crippen LogP contribution is 2.21. The standard InChI is InChI=1S/C22H26N2O4S/c1-28-20-9-4-18(5-10-20)8-13-22(25)23-15-14-19-6-11-21(12-7-19)29(26,27)24-16-2-3-17-24/h4-13H,2-3,14-17H2,1H3,(H,23,25)/b13-8+. The first-order chi connectivity index (χ1) is 14.0. The Hall–Kier alpha value is -2.64. The predicted octanol–water partition coefficient (Wildman–Crippen LogP) is 2.85. The van der Waals surface area contributed by atoms with E-state index in [1.54, 1.807) is 25.3 Å². The zero-order valence-corrected chi connectivity index (χ0v) is 17.3. The van der Waals surface area contributed by atoms with Crippen molar-refractivity contribution in [3.63, 3.8) is 0 Å². The van der Waals surface area contributed by atoms with E-state index in [1.165, 1.54) is 10.4 Å². The van der Waals surface area contributed by atoms with Crippen LogP contribution in [0.2, 0.25) is 0 Å². The van der Waals surface area contributed by atoms with Gasteiger partial charge < -0.3 is 10.1 Å². The fourth-order valence-electron chi connectivity index (χ4n) is 3.18. The van der Waals surface area contributed by atoms with Gasteiger partial charge in [0, 0.05) is 25.7 Å². The highest BCUT2D eigenvalue weighted by molar-refractivity contribution is 7.89. The van der Waals surface area contributed by atoms with Crippen molar-refractivity contribution >= 4 is 22.0 Å². The van der Waals surface area contributed by atoms with E-state index in [4.69, 9.17) is 4.74 Å². The summed E-state index contributed by atoms with van der Waals surface area (Å²) in [6.45, 7) is 1.67. The van der Waals surface area contributed by atoms with Gasteiger partial charge in [-0.05, 0) is 60.7 Å². The van der Waals surface area contributed by atoms with Gasteiger partial charge in [-0.3, -0.25) is 4.79 Å². The number of sulfonamides is 1. The van der Waals surface area contributed by atoms with Crippen molar-refractivity contribution in [1.82, 2.24) is 9.62 Å². The molecule has 2 aromatic rings. The molecule has 1 fully saturated rings. The van der Waals surface area contributed by atoms with Crippen LogP contribution in [0, 0.1) is 0 Å². The smallest absolute Gasteiger partial charge is 0.244 e. The molecule has 0 spiro atoms. The van der Waals surface area contributed by atoms with Crippen molar-refractivity contribution in [2.45, 2.75) is 24.2 Å². The van der Waals surface area contributed by atoms with Gasteiger partial charge in [0.05, 0.1) is 12.0 Å². The second kappa shape index (κ2) is 9.71. The van der Waals surface area contributed by atoms with Crippen molar-refractivity contribution < 1.29 is 17.9 Å². The third-order valence-electron chi connectivity index (χ3n) is 4.88. The van der Waals surface area contributed by atoms with Gasteiger partial charge in [-0.15, -0.1) is 0 Å². The Labute approximate surface area is 172 Å². The first kappa shape index (κ1) is 21.1. The van der Waals surface area contributed by atoms with Crippen LogP contribution in [-0.2, 0) is 21.2 Å². The van der Waals surface area contributed by atoms with Crippen LogP contribution < -0.4 is 10.1 Å². The van der Waals surface area contributed by atoms with E-state index in [0.29, 0.717) is 31.0 Å². The second-order valence-electron chi connectivity index (χ2n) is 6.90. The largest absolute Gasteiger partial charge is 0.497 e. The third kappa shape index (κ3) is 5.68. The zero-order chi connectivity index (χ0) is 20.7. The summed E-state index contributed by atoms with van der Waals surface area (Å²) in [5.41, 5.74) is 1.89. The number of hydrogen-bond donors (Lipinski definition) is 1. The van der Waals surface area contributed by atoms with E-state index in [9.17, 15) is 13.2 Å². The van der Waals surface area contributed by atoms with Crippen LogP contribution in [0.4, 0.5) is 0 Å². The maximum Gasteiger partial charge on any atom is 0.244 e. The molecule has 0 unspecified atom stereocenters. The second-order valence-corrected chi connectivity index (χ2v) is 8.84. The number of nitrogens with one attached hydrogen (secondary N) is 1. The van der Waals surface area contributed by atoms with Crippen molar-refractivity contribution in [2.75, 3.05) is 26.7 Å². The summed E-state index contributed by atoms with van der Waals surface area (Å²) in [6, 6.07) is 14.3. The number of ether oxygens (including phenoxy) is 1. The van der Waals surface area contributed by atoms with Crippen LogP contribution in [0.3, 0.4) is 0 Å². The number of nitrogens with zero attached hydrogens (tertiary/aromatic N) is 1. The Morgan fingerprint density at radius 2 is 1.72 bits per heavy atom. The van der Waals surface area contributed by atoms with E-state index in [1.807, 2.05) is 36.4 Å². The SMILES string of the molecule is COc1ccc(/C=C/C(=O)NCCc2ccc(S(=O)(=O)N3CCCC3)cc2)cc1. The first-order valence-electron chi connectivity index (χ1n) is 9.68. The normalized spacial score (nSPS) is 14.9. The quantitative estimate of drug-likeness (QED) is 0.674. The fourth-order valence-corrected chi connectivity index (χ4v) is 4.70. The van der Waals surface area contributed by atoms with E-state index in [0.717, 1.165) is 29.7 Å². The molecular weight excluding hydrogens is 388 g/mol. The Balaban J connectivity index is 1.47. The molecule has 0 atom stereocenters. The molecule has 1 aliphatic heterocycles. The molecule has 0 radical (unpaired) electrons. The molecule has 1 N–H and O–H groups in total. The van der Waals surface area contributed by atoms with Gasteiger partial charge in [0.2, 0.25) is 15.9 Å². The number of carbonyl (C=O) groups excluding carboxylic acids is 1. The molecule has 0 aromatic heterocycles. The number of benzene rings is 2. The summed E-state index contributed by atoms with van der Waals surface area (Å²) in [5.74, 6) is 0.597. The predicted molar refractivity (Wildman–Crippen MR) is 113 cm³/mol. The number of hydrogen-bond acceptors (Lipinski definition) is 4. The molecule has 7 heteroatoms. The van der Waals surface area contributed by atoms with Crippen molar-refractivity contribution in [3.8, 4) is 5.75 Å². The Bertz CT molecular complexity index is 945. The topological polar surface area (TPSA) is 75.7 Å². The number of methoxy groups -OCH3 is 1. The molecule has 1 saturated heterocycles. The summed E-state index contributed by atoms with van der Waals surface area (Å²) in [6.07, 6.45) is 5.71. The number of rotatable bonds is 8. The van der Waals surface area contributed by atoms with Gasteiger partial charge in [-0.1, -0.05) is 24.3 Å². The van der Waals surface area contributed by atoms with Gasteiger partial charge in [-0.2, -0.15) is 4.31 Å². The summed E-state index contributed by atoms with van der Waals surface area (Å²) in [7, 11) is -1.77. The monoisotopic (exact) mass is 414 g/mol. The third-order valence-corrected chi connectivity index (χ3v) is 6.79. The van der Waals surface area contributed by atoms with Gasteiger partial charge in [0.25, 0.3) is 0 Å². The van der Waals surface area contributed by atoms with Crippen LogP contribution in [0.1, 0.15) is 24.0 Å². The molecular formula is C22H26N2O4S. The maximum absolute atomic E-state index is 12.5.